The molecule has 0 amide bonds. The molecule has 0 spiro atoms. The number of carboxylic acid groups (broad SMARTS) is 1. The van der Waals surface area contributed by atoms with Crippen LogP contribution in [0.15, 0.2) is 36.4 Å². The Bertz CT molecular complexity index is 1120. The number of methoxy groups -OCH3 is 1. The Morgan fingerprint density at radius 2 is 2.04 bits per heavy atom. The van der Waals surface area contributed by atoms with Gasteiger partial charge in [-0.15, -0.1) is 0 Å². The first kappa shape index (κ1) is 17.4. The van der Waals surface area contributed by atoms with Gasteiger partial charge in [0, 0.05) is 5.39 Å². The third-order valence-corrected chi connectivity index (χ3v) is 5.06. The highest BCUT2D eigenvalue weighted by atomic mass is 35.5. The lowest BCUT2D eigenvalue weighted by molar-refractivity contribution is 0.0698. The number of para-hydroxylation sites is 1. The number of phenolic OH excluding ortho intramolecular Hbond substituents is 1. The number of allylic oxidation sites excluding steroid dienone is 1. The number of benzene rings is 2. The maximum atomic E-state index is 11.9. The average Bonchev–Trinajstić information content (AvgIpc) is 3.04. The van der Waals surface area contributed by atoms with E-state index in [0.29, 0.717) is 35.0 Å². The number of hydrogen-bond donors (Lipinski definition) is 2. The van der Waals surface area contributed by atoms with Gasteiger partial charge in [-0.3, -0.25) is 0 Å². The van der Waals surface area contributed by atoms with Crippen LogP contribution >= 0.6 is 11.6 Å². The van der Waals surface area contributed by atoms with Crippen molar-refractivity contribution in [2.45, 2.75) is 12.8 Å². The molecular formula is C21H16ClNO4. The topological polar surface area (TPSA) is 79.7 Å². The monoisotopic (exact) mass is 381 g/mol. The Labute approximate surface area is 160 Å². The number of hydrogen-bond acceptors (Lipinski definition) is 4. The van der Waals surface area contributed by atoms with Crippen molar-refractivity contribution in [2.24, 2.45) is 0 Å². The van der Waals surface area contributed by atoms with E-state index in [2.05, 4.69) is 0 Å². The van der Waals surface area contributed by atoms with Crippen LogP contribution in [-0.2, 0) is 6.42 Å². The SMILES string of the molecule is COc1cc(/C=C2\CCc3c2nc2ccccc2c3C(=O)O)cc(Cl)c1O. The zero-order chi connectivity index (χ0) is 19.1. The standard InChI is InChI=1S/C21H16ClNO4/c1-27-17-10-11(9-15(22)20(17)24)8-12-6-7-14-18(21(25)26)13-4-2-3-5-16(13)23-19(12)14/h2-5,8-10,24H,6-7H2,1H3,(H,25,26)/b12-8+. The molecule has 0 saturated heterocycles. The number of pyridine rings is 1. The predicted molar refractivity (Wildman–Crippen MR) is 105 cm³/mol. The first-order valence-corrected chi connectivity index (χ1v) is 8.79. The predicted octanol–water partition coefficient (Wildman–Crippen LogP) is 4.79. The molecule has 2 aromatic carbocycles. The van der Waals surface area contributed by atoms with Crippen LogP contribution in [0.3, 0.4) is 0 Å². The average molecular weight is 382 g/mol. The van der Waals surface area contributed by atoms with Crippen molar-refractivity contribution in [1.29, 1.82) is 0 Å². The van der Waals surface area contributed by atoms with E-state index in [1.54, 1.807) is 18.2 Å². The number of rotatable bonds is 3. The van der Waals surface area contributed by atoms with Crippen LogP contribution in [0.25, 0.3) is 22.6 Å². The number of halogens is 1. The van der Waals surface area contributed by atoms with Crippen LogP contribution in [0.2, 0.25) is 5.02 Å². The summed E-state index contributed by atoms with van der Waals surface area (Å²) in [4.78, 5) is 16.6. The lowest BCUT2D eigenvalue weighted by Crippen LogP contribution is -2.05. The molecule has 0 atom stereocenters. The molecule has 1 heterocycles. The van der Waals surface area contributed by atoms with Gasteiger partial charge in [0.25, 0.3) is 0 Å². The Morgan fingerprint density at radius 1 is 1.26 bits per heavy atom. The van der Waals surface area contributed by atoms with Gasteiger partial charge in [0.2, 0.25) is 0 Å². The molecule has 0 saturated carbocycles. The van der Waals surface area contributed by atoms with Crippen molar-refractivity contribution in [3.05, 3.63) is 63.8 Å². The Kier molecular flexibility index (Phi) is 4.24. The summed E-state index contributed by atoms with van der Waals surface area (Å²) in [6.07, 6.45) is 3.20. The summed E-state index contributed by atoms with van der Waals surface area (Å²) in [5.41, 5.74) is 4.12. The summed E-state index contributed by atoms with van der Waals surface area (Å²) >= 11 is 6.08. The molecule has 1 aromatic heterocycles. The highest BCUT2D eigenvalue weighted by Gasteiger charge is 2.26. The van der Waals surface area contributed by atoms with E-state index >= 15 is 0 Å². The summed E-state index contributed by atoms with van der Waals surface area (Å²) in [6.45, 7) is 0. The smallest absolute Gasteiger partial charge is 0.336 e. The second kappa shape index (κ2) is 6.59. The number of ether oxygens (including phenoxy) is 1. The van der Waals surface area contributed by atoms with Crippen LogP contribution in [0.4, 0.5) is 0 Å². The second-order valence-corrected chi connectivity index (χ2v) is 6.77. The van der Waals surface area contributed by atoms with Crippen LogP contribution in [-0.4, -0.2) is 28.3 Å². The summed E-state index contributed by atoms with van der Waals surface area (Å²) in [5, 5.41) is 20.5. The molecule has 1 aliphatic rings. The minimum Gasteiger partial charge on any atom is -0.503 e. The maximum Gasteiger partial charge on any atom is 0.336 e. The van der Waals surface area contributed by atoms with E-state index in [-0.39, 0.29) is 16.5 Å². The Morgan fingerprint density at radius 3 is 2.78 bits per heavy atom. The van der Waals surface area contributed by atoms with Crippen molar-refractivity contribution in [2.75, 3.05) is 7.11 Å². The van der Waals surface area contributed by atoms with Gasteiger partial charge in [0.15, 0.2) is 11.5 Å². The number of carboxylic acids is 1. The van der Waals surface area contributed by atoms with Gasteiger partial charge >= 0.3 is 5.97 Å². The van der Waals surface area contributed by atoms with Crippen LogP contribution in [0.1, 0.15) is 33.6 Å². The van der Waals surface area contributed by atoms with E-state index in [9.17, 15) is 15.0 Å². The van der Waals surface area contributed by atoms with Crippen molar-refractivity contribution in [3.63, 3.8) is 0 Å². The maximum absolute atomic E-state index is 11.9. The third-order valence-electron chi connectivity index (χ3n) is 4.77. The fourth-order valence-electron chi connectivity index (χ4n) is 3.56. The number of aromatic hydroxyl groups is 1. The molecule has 0 aliphatic heterocycles. The van der Waals surface area contributed by atoms with Gasteiger partial charge in [-0.1, -0.05) is 29.8 Å². The van der Waals surface area contributed by atoms with Crippen LogP contribution in [0.5, 0.6) is 11.5 Å². The summed E-state index contributed by atoms with van der Waals surface area (Å²) in [7, 11) is 1.46. The van der Waals surface area contributed by atoms with E-state index in [0.717, 1.165) is 16.7 Å². The van der Waals surface area contributed by atoms with Gasteiger partial charge in [0.05, 0.1) is 28.9 Å². The fraction of sp³-hybridized carbons (Fsp3) is 0.143. The number of nitrogens with zero attached hydrogens (tertiary/aromatic N) is 1. The lowest BCUT2D eigenvalue weighted by atomic mass is 10.0. The van der Waals surface area contributed by atoms with Gasteiger partial charge in [-0.2, -0.15) is 0 Å². The largest absolute Gasteiger partial charge is 0.503 e. The van der Waals surface area contributed by atoms with Crippen molar-refractivity contribution in [1.82, 2.24) is 4.98 Å². The van der Waals surface area contributed by atoms with E-state index in [4.69, 9.17) is 21.3 Å². The van der Waals surface area contributed by atoms with Crippen LogP contribution < -0.4 is 4.74 Å². The quantitative estimate of drug-likeness (QED) is 0.682. The number of aromatic nitrogens is 1. The molecule has 0 unspecified atom stereocenters. The first-order valence-electron chi connectivity index (χ1n) is 8.42. The molecule has 0 bridgehead atoms. The molecule has 6 heteroatoms. The molecule has 0 radical (unpaired) electrons. The fourth-order valence-corrected chi connectivity index (χ4v) is 3.78. The molecule has 3 aromatic rings. The molecule has 5 nitrogen and oxygen atoms in total. The van der Waals surface area contributed by atoms with E-state index < -0.39 is 5.97 Å². The van der Waals surface area contributed by atoms with Crippen molar-refractivity contribution >= 4 is 40.1 Å². The molecular weight excluding hydrogens is 366 g/mol. The second-order valence-electron chi connectivity index (χ2n) is 6.36. The number of carbonyl (C=O) groups is 1. The zero-order valence-corrected chi connectivity index (χ0v) is 15.2. The van der Waals surface area contributed by atoms with Gasteiger partial charge in [-0.25, -0.2) is 9.78 Å². The van der Waals surface area contributed by atoms with E-state index in [1.165, 1.54) is 7.11 Å². The van der Waals surface area contributed by atoms with Crippen LogP contribution in [0, 0.1) is 0 Å². The summed E-state index contributed by atoms with van der Waals surface area (Å²) in [5.74, 6) is -0.767. The van der Waals surface area contributed by atoms with E-state index in [1.807, 2.05) is 24.3 Å². The first-order chi connectivity index (χ1) is 13.0. The zero-order valence-electron chi connectivity index (χ0n) is 14.5. The number of phenols is 1. The number of aromatic carboxylic acids is 1. The summed E-state index contributed by atoms with van der Waals surface area (Å²) in [6, 6.07) is 10.6. The van der Waals surface area contributed by atoms with Crippen molar-refractivity contribution < 1.29 is 19.7 Å². The van der Waals surface area contributed by atoms with Gasteiger partial charge in [-0.05, 0) is 53.8 Å². The molecule has 2 N–H and O–H groups in total. The molecule has 4 rings (SSSR count). The molecule has 136 valence electrons. The number of fused-ring (bicyclic) bond motifs is 2. The normalized spacial score (nSPS) is 14.5. The van der Waals surface area contributed by atoms with Gasteiger partial charge in [0.1, 0.15) is 0 Å². The highest BCUT2D eigenvalue weighted by Crippen LogP contribution is 2.40. The summed E-state index contributed by atoms with van der Waals surface area (Å²) < 4.78 is 5.15. The minimum atomic E-state index is -0.944. The lowest BCUT2D eigenvalue weighted by Gasteiger charge is -2.10. The Hall–Kier alpha value is -3.05. The molecule has 1 aliphatic carbocycles. The molecule has 27 heavy (non-hydrogen) atoms. The molecule has 0 fully saturated rings. The third kappa shape index (κ3) is 2.90. The highest BCUT2D eigenvalue weighted by molar-refractivity contribution is 6.32. The Balaban J connectivity index is 1.90. The van der Waals surface area contributed by atoms with Crippen molar-refractivity contribution in [3.8, 4) is 11.5 Å². The van der Waals surface area contributed by atoms with Gasteiger partial charge < -0.3 is 14.9 Å². The minimum absolute atomic E-state index is 0.106.